The first-order chi connectivity index (χ1) is 18.1. The molecule has 12 heteroatoms. The second-order valence-corrected chi connectivity index (χ2v) is 7.35. The zero-order valence-corrected chi connectivity index (χ0v) is 20.7. The highest BCUT2D eigenvalue weighted by Crippen LogP contribution is 2.11. The predicted octanol–water partition coefficient (Wildman–Crippen LogP) is 1.97. The van der Waals surface area contributed by atoms with Gasteiger partial charge in [0.15, 0.2) is 12.2 Å². The number of carbonyl (C=O) groups excluding carboxylic acids is 2. The molecule has 8 N–H and O–H groups in total. The van der Waals surface area contributed by atoms with Crippen molar-refractivity contribution in [2.45, 2.75) is 26.1 Å². The molecule has 3 aromatic carbocycles. The van der Waals surface area contributed by atoms with Crippen LogP contribution in [-0.2, 0) is 9.59 Å². The fraction of sp³-hybridized carbons (Fsp3) is 0.154. The van der Waals surface area contributed by atoms with Crippen LogP contribution in [0, 0.1) is 0 Å². The van der Waals surface area contributed by atoms with Gasteiger partial charge in [0.05, 0.1) is 11.1 Å². The van der Waals surface area contributed by atoms with Crippen LogP contribution in [0.1, 0.15) is 34.6 Å². The summed E-state index contributed by atoms with van der Waals surface area (Å²) in [6.45, 7) is 3.27. The Bertz CT molecular complexity index is 1090. The molecule has 3 aromatic rings. The molecule has 0 fully saturated rings. The van der Waals surface area contributed by atoms with Gasteiger partial charge in [-0.25, -0.2) is 21.3 Å². The normalized spacial score (nSPS) is 11.1. The van der Waals surface area contributed by atoms with E-state index in [0.717, 1.165) is 6.07 Å². The van der Waals surface area contributed by atoms with Crippen molar-refractivity contribution in [1.29, 1.82) is 0 Å². The lowest BCUT2D eigenvalue weighted by atomic mass is 10.1. The minimum absolute atomic E-state index is 0.0186. The molecule has 0 saturated carbocycles. The number of hydrazine groups is 2. The highest BCUT2D eigenvalue weighted by atomic mass is 16.5. The number of rotatable bonds is 8. The van der Waals surface area contributed by atoms with E-state index in [9.17, 15) is 19.2 Å². The van der Waals surface area contributed by atoms with Crippen LogP contribution in [0.15, 0.2) is 84.9 Å². The highest BCUT2D eigenvalue weighted by molar-refractivity contribution is 5.93. The molecule has 2 unspecified atom stereocenters. The van der Waals surface area contributed by atoms with Gasteiger partial charge in [-0.05, 0) is 56.3 Å². The number of hydrogen-bond acceptors (Lipinski definition) is 8. The number of aromatic carboxylic acids is 2. The minimum atomic E-state index is -1.13. The number of nitrogens with two attached hydrogens (primary N) is 2. The van der Waals surface area contributed by atoms with Gasteiger partial charge in [0.1, 0.15) is 11.5 Å². The molecule has 0 aliphatic heterocycles. The van der Waals surface area contributed by atoms with Crippen molar-refractivity contribution in [3.63, 3.8) is 0 Å². The highest BCUT2D eigenvalue weighted by Gasteiger charge is 2.13. The van der Waals surface area contributed by atoms with E-state index in [-0.39, 0.29) is 22.9 Å². The zero-order valence-electron chi connectivity index (χ0n) is 20.7. The molecular formula is C26H30N4O8. The van der Waals surface area contributed by atoms with E-state index in [1.807, 2.05) is 47.2 Å². The summed E-state index contributed by atoms with van der Waals surface area (Å²) in [7, 11) is 0. The van der Waals surface area contributed by atoms with Crippen molar-refractivity contribution >= 4 is 23.8 Å². The molecular weight excluding hydrogens is 496 g/mol. The maximum absolute atomic E-state index is 11.0. The molecule has 12 nitrogen and oxygen atoms in total. The topological polar surface area (TPSA) is 203 Å². The van der Waals surface area contributed by atoms with Crippen LogP contribution in [0.5, 0.6) is 11.5 Å². The molecule has 3 rings (SSSR count). The van der Waals surface area contributed by atoms with Crippen LogP contribution >= 0.6 is 0 Å². The molecule has 0 aromatic heterocycles. The number of carboxylic acids is 2. The Kier molecular flexibility index (Phi) is 13.6. The Morgan fingerprint density at radius 3 is 1.26 bits per heavy atom. The number of para-hydroxylation sites is 2. The molecule has 0 heterocycles. The number of benzene rings is 3. The lowest BCUT2D eigenvalue weighted by molar-refractivity contribution is -0.128. The summed E-state index contributed by atoms with van der Waals surface area (Å²) < 4.78 is 10.5. The lowest BCUT2D eigenvalue weighted by Crippen LogP contribution is -2.40. The summed E-state index contributed by atoms with van der Waals surface area (Å²) in [5, 5.41) is 17.0. The first kappa shape index (κ1) is 31.1. The molecule has 0 spiro atoms. The van der Waals surface area contributed by atoms with Crippen LogP contribution in [0.2, 0.25) is 0 Å². The monoisotopic (exact) mass is 526 g/mol. The Morgan fingerprint density at radius 1 is 0.632 bits per heavy atom. The first-order valence-electron chi connectivity index (χ1n) is 11.1. The molecule has 0 bridgehead atoms. The van der Waals surface area contributed by atoms with Crippen LogP contribution in [0.4, 0.5) is 0 Å². The third-order valence-electron chi connectivity index (χ3n) is 4.49. The molecule has 38 heavy (non-hydrogen) atoms. The summed E-state index contributed by atoms with van der Waals surface area (Å²) in [6, 6.07) is 23.4. The zero-order chi connectivity index (χ0) is 28.5. The smallest absolute Gasteiger partial charge is 0.335 e. The van der Waals surface area contributed by atoms with Gasteiger partial charge in [-0.2, -0.15) is 0 Å². The van der Waals surface area contributed by atoms with Crippen LogP contribution in [0.3, 0.4) is 0 Å². The first-order valence-corrected chi connectivity index (χ1v) is 11.1. The molecule has 0 aliphatic carbocycles. The maximum atomic E-state index is 11.0. The van der Waals surface area contributed by atoms with Gasteiger partial charge >= 0.3 is 11.9 Å². The van der Waals surface area contributed by atoms with Gasteiger partial charge in [-0.1, -0.05) is 42.5 Å². The van der Waals surface area contributed by atoms with Crippen molar-refractivity contribution in [2.24, 2.45) is 11.7 Å². The summed E-state index contributed by atoms with van der Waals surface area (Å²) in [4.78, 5) is 42.7. The summed E-state index contributed by atoms with van der Waals surface area (Å²) >= 11 is 0. The number of hydrogen-bond donors (Lipinski definition) is 6. The van der Waals surface area contributed by atoms with Crippen molar-refractivity contribution in [2.75, 3.05) is 0 Å². The average Bonchev–Trinajstić information content (AvgIpc) is 2.93. The van der Waals surface area contributed by atoms with E-state index in [4.69, 9.17) is 31.4 Å². The molecule has 2 atom stereocenters. The van der Waals surface area contributed by atoms with E-state index in [1.165, 1.54) is 18.2 Å². The van der Waals surface area contributed by atoms with Crippen molar-refractivity contribution in [3.05, 3.63) is 96.1 Å². The summed E-state index contributed by atoms with van der Waals surface area (Å²) in [5.41, 5.74) is 4.00. The third-order valence-corrected chi connectivity index (χ3v) is 4.49. The third kappa shape index (κ3) is 11.7. The fourth-order valence-corrected chi connectivity index (χ4v) is 2.53. The molecule has 0 radical (unpaired) electrons. The molecule has 2 amide bonds. The van der Waals surface area contributed by atoms with Crippen LogP contribution in [-0.4, -0.2) is 46.2 Å². The van der Waals surface area contributed by atoms with Gasteiger partial charge in [0.25, 0.3) is 11.8 Å². The van der Waals surface area contributed by atoms with Crippen LogP contribution in [0.25, 0.3) is 0 Å². The number of carboxylic acid groups (broad SMARTS) is 2. The van der Waals surface area contributed by atoms with E-state index >= 15 is 0 Å². The predicted molar refractivity (Wildman–Crippen MR) is 138 cm³/mol. The maximum Gasteiger partial charge on any atom is 0.335 e. The number of amides is 2. The Hall–Kier alpha value is -4.94. The Morgan fingerprint density at radius 2 is 0.974 bits per heavy atom. The SMILES string of the molecule is CC(Oc1ccccc1)C(=O)NN.CC(Oc1ccccc1)C(=O)NN.O=C(O)c1cccc(C(=O)O)c1. The van der Waals surface area contributed by atoms with Crippen LogP contribution < -0.4 is 32.0 Å². The van der Waals surface area contributed by atoms with Crippen molar-refractivity contribution < 1.29 is 38.9 Å². The molecule has 0 aliphatic rings. The number of nitrogens with one attached hydrogen (secondary N) is 2. The van der Waals surface area contributed by atoms with E-state index < -0.39 is 24.1 Å². The molecule has 0 saturated heterocycles. The Balaban J connectivity index is 0.000000285. The largest absolute Gasteiger partial charge is 0.481 e. The van der Waals surface area contributed by atoms with Gasteiger partial charge in [0, 0.05) is 0 Å². The quantitative estimate of drug-likeness (QED) is 0.143. The van der Waals surface area contributed by atoms with Gasteiger partial charge < -0.3 is 19.7 Å². The second kappa shape index (κ2) is 16.7. The lowest BCUT2D eigenvalue weighted by Gasteiger charge is -2.12. The van der Waals surface area contributed by atoms with Crippen molar-refractivity contribution in [3.8, 4) is 11.5 Å². The number of carbonyl (C=O) groups is 4. The van der Waals surface area contributed by atoms with E-state index in [2.05, 4.69) is 0 Å². The Labute approximate surface area is 219 Å². The van der Waals surface area contributed by atoms with Gasteiger partial charge in [-0.3, -0.25) is 20.4 Å². The standard InChI is InChI=1S/2C9H12N2O2.C8H6O4/c2*1-7(9(12)11-10)13-8-5-3-2-4-6-8;9-7(10)5-2-1-3-6(4-5)8(11)12/h2*2-7H,10H2,1H3,(H,11,12);1-4H,(H,9,10)(H,11,12). The second-order valence-electron chi connectivity index (χ2n) is 7.35. The van der Waals surface area contributed by atoms with Crippen molar-refractivity contribution in [1.82, 2.24) is 10.9 Å². The number of ether oxygens (including phenoxy) is 2. The van der Waals surface area contributed by atoms with Gasteiger partial charge in [0.2, 0.25) is 0 Å². The van der Waals surface area contributed by atoms with E-state index in [0.29, 0.717) is 11.5 Å². The summed E-state index contributed by atoms with van der Waals surface area (Å²) in [5.74, 6) is 8.26. The average molecular weight is 527 g/mol. The van der Waals surface area contributed by atoms with E-state index in [1.54, 1.807) is 38.1 Å². The summed E-state index contributed by atoms with van der Waals surface area (Å²) in [6.07, 6.45) is -1.15. The molecule has 202 valence electrons. The van der Waals surface area contributed by atoms with Gasteiger partial charge in [-0.15, -0.1) is 0 Å². The fourth-order valence-electron chi connectivity index (χ4n) is 2.53. The minimum Gasteiger partial charge on any atom is -0.481 e.